The van der Waals surface area contributed by atoms with Crippen molar-refractivity contribution in [2.24, 2.45) is 5.41 Å². The highest BCUT2D eigenvalue weighted by atomic mass is 32.1. The summed E-state index contributed by atoms with van der Waals surface area (Å²) in [6.07, 6.45) is 2.19. The molecule has 2 fully saturated rings. The van der Waals surface area contributed by atoms with Crippen LogP contribution in [0.15, 0.2) is 29.1 Å². The summed E-state index contributed by atoms with van der Waals surface area (Å²) in [5.41, 5.74) is 2.02. The Morgan fingerprint density at radius 3 is 2.81 bits per heavy atom. The van der Waals surface area contributed by atoms with Crippen molar-refractivity contribution in [1.29, 1.82) is 0 Å². The smallest absolute Gasteiger partial charge is 0.273 e. The molecule has 1 aromatic heterocycles. The van der Waals surface area contributed by atoms with E-state index in [1.807, 2.05) is 0 Å². The Kier molecular flexibility index (Phi) is 4.67. The number of hydrogen-bond acceptors (Lipinski definition) is 4. The van der Waals surface area contributed by atoms with E-state index in [9.17, 15) is 18.4 Å². The maximum absolute atomic E-state index is 13.5. The third-order valence-corrected chi connectivity index (χ3v) is 6.06. The van der Waals surface area contributed by atoms with Crippen molar-refractivity contribution in [1.82, 2.24) is 14.8 Å². The number of rotatable bonds is 3. The molecule has 5 nitrogen and oxygen atoms in total. The first-order chi connectivity index (χ1) is 13.0. The second-order valence-electron chi connectivity index (χ2n) is 7.21. The SMILES string of the molecule is O=C(c1cscn1)N1CCC2(CCCN(Cc3ccc(F)c(F)c3)C2=O)C1. The Hall–Kier alpha value is -2.35. The fourth-order valence-electron chi connectivity index (χ4n) is 4.07. The Balaban J connectivity index is 1.48. The van der Waals surface area contributed by atoms with E-state index in [2.05, 4.69) is 4.98 Å². The van der Waals surface area contributed by atoms with Gasteiger partial charge < -0.3 is 9.80 Å². The van der Waals surface area contributed by atoms with Gasteiger partial charge in [0.15, 0.2) is 11.6 Å². The van der Waals surface area contributed by atoms with Gasteiger partial charge >= 0.3 is 0 Å². The first-order valence-electron chi connectivity index (χ1n) is 8.89. The van der Waals surface area contributed by atoms with Gasteiger partial charge in [0.2, 0.25) is 5.91 Å². The number of thiazole rings is 1. The summed E-state index contributed by atoms with van der Waals surface area (Å²) < 4.78 is 26.6. The van der Waals surface area contributed by atoms with Crippen LogP contribution in [0.1, 0.15) is 35.3 Å². The average Bonchev–Trinajstić information content (AvgIpc) is 3.33. The molecule has 2 saturated heterocycles. The topological polar surface area (TPSA) is 53.5 Å². The third-order valence-electron chi connectivity index (χ3n) is 5.47. The molecule has 27 heavy (non-hydrogen) atoms. The van der Waals surface area contributed by atoms with Crippen LogP contribution in [0.25, 0.3) is 0 Å². The lowest BCUT2D eigenvalue weighted by molar-refractivity contribution is -0.146. The van der Waals surface area contributed by atoms with Crippen molar-refractivity contribution in [3.63, 3.8) is 0 Å². The largest absolute Gasteiger partial charge is 0.338 e. The van der Waals surface area contributed by atoms with Crippen LogP contribution in [0.5, 0.6) is 0 Å². The van der Waals surface area contributed by atoms with Gasteiger partial charge in [0.05, 0.1) is 10.9 Å². The molecule has 1 spiro atoms. The van der Waals surface area contributed by atoms with Crippen LogP contribution in [0.3, 0.4) is 0 Å². The Bertz CT molecular complexity index is 874. The molecule has 8 heteroatoms. The second-order valence-corrected chi connectivity index (χ2v) is 7.93. The van der Waals surface area contributed by atoms with Crippen molar-refractivity contribution in [2.75, 3.05) is 19.6 Å². The van der Waals surface area contributed by atoms with E-state index in [1.54, 1.807) is 20.7 Å². The van der Waals surface area contributed by atoms with Crippen LogP contribution in [-0.4, -0.2) is 46.2 Å². The molecule has 2 aliphatic rings. The van der Waals surface area contributed by atoms with Gasteiger partial charge in [0, 0.05) is 31.6 Å². The lowest BCUT2D eigenvalue weighted by Gasteiger charge is -2.39. The summed E-state index contributed by atoms with van der Waals surface area (Å²) in [5.74, 6) is -1.95. The second kappa shape index (κ2) is 6.99. The van der Waals surface area contributed by atoms with Crippen molar-refractivity contribution < 1.29 is 18.4 Å². The molecule has 4 rings (SSSR count). The molecule has 1 unspecified atom stereocenters. The molecule has 1 atom stereocenters. The van der Waals surface area contributed by atoms with E-state index >= 15 is 0 Å². The quantitative estimate of drug-likeness (QED) is 0.808. The van der Waals surface area contributed by atoms with Crippen molar-refractivity contribution in [3.8, 4) is 0 Å². The van der Waals surface area contributed by atoms with E-state index in [-0.39, 0.29) is 18.4 Å². The van der Waals surface area contributed by atoms with Crippen molar-refractivity contribution in [2.45, 2.75) is 25.8 Å². The van der Waals surface area contributed by atoms with Crippen LogP contribution >= 0.6 is 11.3 Å². The summed E-state index contributed by atoms with van der Waals surface area (Å²) in [4.78, 5) is 33.2. The van der Waals surface area contributed by atoms with Crippen LogP contribution in [0.2, 0.25) is 0 Å². The molecule has 2 aliphatic heterocycles. The minimum Gasteiger partial charge on any atom is -0.338 e. The summed E-state index contributed by atoms with van der Waals surface area (Å²) in [6, 6.07) is 3.72. The van der Waals surface area contributed by atoms with Gasteiger partial charge in [-0.15, -0.1) is 11.3 Å². The van der Waals surface area contributed by atoms with Gasteiger partial charge in [-0.2, -0.15) is 0 Å². The molecule has 0 saturated carbocycles. The Morgan fingerprint density at radius 2 is 2.07 bits per heavy atom. The molecule has 0 bridgehead atoms. The molecule has 142 valence electrons. The predicted octanol–water partition coefficient (Wildman–Crippen LogP) is 3.08. The first kappa shape index (κ1) is 18.0. The van der Waals surface area contributed by atoms with Crippen LogP contribution in [0, 0.1) is 17.0 Å². The van der Waals surface area contributed by atoms with Crippen molar-refractivity contribution >= 4 is 23.2 Å². The lowest BCUT2D eigenvalue weighted by atomic mass is 9.78. The highest BCUT2D eigenvalue weighted by Gasteiger charge is 2.49. The minimum atomic E-state index is -0.910. The summed E-state index contributed by atoms with van der Waals surface area (Å²) in [6.45, 7) is 1.75. The number of benzene rings is 1. The van der Waals surface area contributed by atoms with Gasteiger partial charge in [0.25, 0.3) is 5.91 Å². The fraction of sp³-hybridized carbons (Fsp3) is 0.421. The standard InChI is InChI=1S/C19H19F2N3O2S/c20-14-3-2-13(8-15(14)21)9-23-6-1-4-19(18(23)26)5-7-24(11-19)17(25)16-10-27-12-22-16/h2-3,8,10,12H,1,4-7,9,11H2. The number of hydrogen-bond donors (Lipinski definition) is 0. The van der Waals surface area contributed by atoms with E-state index < -0.39 is 17.0 Å². The summed E-state index contributed by atoms with van der Waals surface area (Å²) in [7, 11) is 0. The first-order valence-corrected chi connectivity index (χ1v) is 9.84. The lowest BCUT2D eigenvalue weighted by Crippen LogP contribution is -2.50. The minimum absolute atomic E-state index is 0.00735. The Labute approximate surface area is 159 Å². The molecule has 3 heterocycles. The number of amides is 2. The number of likely N-dealkylation sites (tertiary alicyclic amines) is 2. The van der Waals surface area contributed by atoms with Crippen LogP contribution < -0.4 is 0 Å². The van der Waals surface area contributed by atoms with Crippen LogP contribution in [0.4, 0.5) is 8.78 Å². The van der Waals surface area contributed by atoms with E-state index in [0.29, 0.717) is 37.3 Å². The molecule has 2 aromatic rings. The molecular formula is C19H19F2N3O2S. The number of aromatic nitrogens is 1. The van der Waals surface area contributed by atoms with Crippen molar-refractivity contribution in [3.05, 3.63) is 52.0 Å². The highest BCUT2D eigenvalue weighted by molar-refractivity contribution is 7.07. The molecule has 2 amide bonds. The molecule has 0 aliphatic carbocycles. The Morgan fingerprint density at radius 1 is 1.22 bits per heavy atom. The van der Waals surface area contributed by atoms with Gasteiger partial charge in [-0.05, 0) is 37.0 Å². The number of carbonyl (C=O) groups is 2. The van der Waals surface area contributed by atoms with E-state index in [4.69, 9.17) is 0 Å². The maximum Gasteiger partial charge on any atom is 0.273 e. The van der Waals surface area contributed by atoms with Gasteiger partial charge in [-0.25, -0.2) is 13.8 Å². The number of nitrogens with zero attached hydrogens (tertiary/aromatic N) is 3. The zero-order chi connectivity index (χ0) is 19.0. The predicted molar refractivity (Wildman–Crippen MR) is 96.1 cm³/mol. The monoisotopic (exact) mass is 391 g/mol. The van der Waals surface area contributed by atoms with E-state index in [1.165, 1.54) is 17.4 Å². The number of piperidine rings is 1. The zero-order valence-electron chi connectivity index (χ0n) is 14.7. The molecular weight excluding hydrogens is 372 g/mol. The number of carbonyl (C=O) groups excluding carboxylic acids is 2. The van der Waals surface area contributed by atoms with Gasteiger partial charge in [0.1, 0.15) is 5.69 Å². The third kappa shape index (κ3) is 3.34. The summed E-state index contributed by atoms with van der Waals surface area (Å²) in [5, 5.41) is 1.71. The van der Waals surface area contributed by atoms with E-state index in [0.717, 1.165) is 25.0 Å². The fourth-order valence-corrected chi connectivity index (χ4v) is 4.59. The normalized spacial score (nSPS) is 22.7. The molecule has 0 N–H and O–H groups in total. The van der Waals surface area contributed by atoms with Crippen LogP contribution in [-0.2, 0) is 11.3 Å². The zero-order valence-corrected chi connectivity index (χ0v) is 15.5. The highest BCUT2D eigenvalue weighted by Crippen LogP contribution is 2.41. The number of halogens is 2. The average molecular weight is 391 g/mol. The maximum atomic E-state index is 13.5. The molecule has 0 radical (unpaired) electrons. The van der Waals surface area contributed by atoms with Gasteiger partial charge in [-0.3, -0.25) is 9.59 Å². The molecule has 1 aromatic carbocycles. The van der Waals surface area contributed by atoms with Gasteiger partial charge in [-0.1, -0.05) is 6.07 Å². The summed E-state index contributed by atoms with van der Waals surface area (Å²) >= 11 is 1.37.